The van der Waals surface area contributed by atoms with Gasteiger partial charge in [0.1, 0.15) is 0 Å². The van der Waals surface area contributed by atoms with Crippen LogP contribution >= 0.6 is 12.4 Å². The van der Waals surface area contributed by atoms with Gasteiger partial charge in [-0.25, -0.2) is 0 Å². The molecule has 0 spiro atoms. The van der Waals surface area contributed by atoms with E-state index in [0.717, 1.165) is 5.56 Å². The van der Waals surface area contributed by atoms with Crippen molar-refractivity contribution in [1.29, 1.82) is 0 Å². The highest BCUT2D eigenvalue weighted by Crippen LogP contribution is 2.26. The van der Waals surface area contributed by atoms with Crippen molar-refractivity contribution >= 4 is 30.1 Å². The molecule has 7 heteroatoms. The smallest absolute Gasteiger partial charge is 0.261 e. The minimum atomic E-state index is -0.368. The molecule has 6 nitrogen and oxygen atoms in total. The van der Waals surface area contributed by atoms with Crippen LogP contribution in [0.15, 0.2) is 48.5 Å². The first-order chi connectivity index (χ1) is 13.8. The summed E-state index contributed by atoms with van der Waals surface area (Å²) in [4.78, 5) is 41.1. The number of amides is 3. The van der Waals surface area contributed by atoms with Crippen LogP contribution in [0, 0.1) is 5.92 Å². The van der Waals surface area contributed by atoms with Gasteiger partial charge in [-0.2, -0.15) is 0 Å². The van der Waals surface area contributed by atoms with Gasteiger partial charge in [-0.05, 0) is 36.1 Å². The number of halogens is 1. The summed E-state index contributed by atoms with van der Waals surface area (Å²) in [5.74, 6) is -0.541. The summed E-state index contributed by atoms with van der Waals surface area (Å²) in [5, 5.41) is 0. The predicted octanol–water partition coefficient (Wildman–Crippen LogP) is 3.35. The fraction of sp³-hybridized carbons (Fsp3) is 0.348. The minimum absolute atomic E-state index is 0. The summed E-state index contributed by atoms with van der Waals surface area (Å²) in [6.07, 6.45) is 0.702. The number of hydrogen-bond acceptors (Lipinski definition) is 4. The van der Waals surface area contributed by atoms with E-state index in [4.69, 9.17) is 5.73 Å². The van der Waals surface area contributed by atoms with Crippen LogP contribution in [-0.2, 0) is 6.54 Å². The van der Waals surface area contributed by atoms with E-state index in [-0.39, 0.29) is 48.3 Å². The van der Waals surface area contributed by atoms with E-state index < -0.39 is 0 Å². The van der Waals surface area contributed by atoms with Crippen molar-refractivity contribution in [2.75, 3.05) is 13.6 Å². The average Bonchev–Trinajstić information content (AvgIpc) is 2.96. The zero-order valence-electron chi connectivity index (χ0n) is 17.5. The Morgan fingerprint density at radius 3 is 2.30 bits per heavy atom. The Morgan fingerprint density at radius 2 is 1.67 bits per heavy atom. The van der Waals surface area contributed by atoms with Gasteiger partial charge in [-0.1, -0.05) is 44.2 Å². The number of hydrogen-bond donors (Lipinski definition) is 1. The van der Waals surface area contributed by atoms with Crippen LogP contribution in [0.1, 0.15) is 56.9 Å². The quantitative estimate of drug-likeness (QED) is 0.684. The lowest BCUT2D eigenvalue weighted by Gasteiger charge is -2.21. The number of rotatable bonds is 7. The molecular weight excluding hydrogens is 402 g/mol. The number of fused-ring (bicyclic) bond motifs is 1. The summed E-state index contributed by atoms with van der Waals surface area (Å²) in [6.45, 7) is 4.85. The maximum absolute atomic E-state index is 12.8. The van der Waals surface area contributed by atoms with Crippen molar-refractivity contribution in [3.8, 4) is 0 Å². The zero-order chi connectivity index (χ0) is 21.1. The van der Waals surface area contributed by atoms with Crippen molar-refractivity contribution in [3.05, 3.63) is 70.8 Å². The van der Waals surface area contributed by atoms with E-state index in [2.05, 4.69) is 13.8 Å². The van der Waals surface area contributed by atoms with Gasteiger partial charge in [0.05, 0.1) is 17.7 Å². The molecule has 2 aromatic carbocycles. The summed E-state index contributed by atoms with van der Waals surface area (Å²) >= 11 is 0. The maximum atomic E-state index is 12.8. The molecule has 1 atom stereocenters. The average molecular weight is 430 g/mol. The van der Waals surface area contributed by atoms with Gasteiger partial charge in [-0.3, -0.25) is 19.3 Å². The largest absolute Gasteiger partial charge is 0.342 e. The lowest BCUT2D eigenvalue weighted by Crippen LogP contribution is -2.34. The molecule has 0 radical (unpaired) electrons. The van der Waals surface area contributed by atoms with Gasteiger partial charge in [0.15, 0.2) is 0 Å². The Morgan fingerprint density at radius 1 is 1.03 bits per heavy atom. The van der Waals surface area contributed by atoms with Crippen LogP contribution in [0.3, 0.4) is 0 Å². The highest BCUT2D eigenvalue weighted by Gasteiger charge is 2.36. The lowest BCUT2D eigenvalue weighted by atomic mass is 10.0. The second-order valence-electron chi connectivity index (χ2n) is 7.87. The fourth-order valence-electron chi connectivity index (χ4n) is 3.33. The lowest BCUT2D eigenvalue weighted by molar-refractivity contribution is 0.0642. The first-order valence-electron chi connectivity index (χ1n) is 9.84. The molecule has 1 aliphatic rings. The second-order valence-corrected chi connectivity index (χ2v) is 7.87. The molecule has 3 amide bonds. The third-order valence-electron chi connectivity index (χ3n) is 5.40. The van der Waals surface area contributed by atoms with Gasteiger partial charge in [0.25, 0.3) is 17.7 Å². The Hall–Kier alpha value is -2.70. The third kappa shape index (κ3) is 4.89. The van der Waals surface area contributed by atoms with Crippen LogP contribution < -0.4 is 5.73 Å². The first-order valence-corrected chi connectivity index (χ1v) is 9.84. The van der Waals surface area contributed by atoms with Crippen LogP contribution in [-0.4, -0.2) is 47.2 Å². The van der Waals surface area contributed by atoms with E-state index in [1.807, 2.05) is 30.3 Å². The molecule has 0 fully saturated rings. The second kappa shape index (κ2) is 9.87. The van der Waals surface area contributed by atoms with Gasteiger partial charge in [0, 0.05) is 25.2 Å². The molecule has 160 valence electrons. The zero-order valence-corrected chi connectivity index (χ0v) is 18.3. The Labute approximate surface area is 183 Å². The molecule has 0 aliphatic carbocycles. The van der Waals surface area contributed by atoms with Crippen LogP contribution in [0.2, 0.25) is 0 Å². The van der Waals surface area contributed by atoms with Crippen molar-refractivity contribution < 1.29 is 14.4 Å². The molecule has 30 heavy (non-hydrogen) atoms. The highest BCUT2D eigenvalue weighted by molar-refractivity contribution is 6.22. The Kier molecular flexibility index (Phi) is 7.76. The highest BCUT2D eigenvalue weighted by atomic mass is 35.5. The number of nitrogens with zero attached hydrogens (tertiary/aromatic N) is 2. The standard InChI is InChI=1S/C23H27N3O3.ClH/c1-15(2)20(24)11-12-25(3)21(27)17-9-10-18-19(13-17)23(29)26(22(18)28)14-16-7-5-4-6-8-16;/h4-10,13,15,20H,11-12,14,24H2,1-3H3;1H. The third-order valence-corrected chi connectivity index (χ3v) is 5.40. The van der Waals surface area contributed by atoms with Gasteiger partial charge in [-0.15, -0.1) is 12.4 Å². The normalized spacial score (nSPS) is 13.8. The number of carbonyl (C=O) groups excluding carboxylic acids is 3. The van der Waals surface area contributed by atoms with E-state index in [0.29, 0.717) is 30.0 Å². The summed E-state index contributed by atoms with van der Waals surface area (Å²) in [6, 6.07) is 14.1. The number of imide groups is 1. The molecule has 2 aromatic rings. The summed E-state index contributed by atoms with van der Waals surface area (Å²) in [5.41, 5.74) is 7.96. The van der Waals surface area contributed by atoms with Crippen molar-refractivity contribution in [2.45, 2.75) is 32.9 Å². The van der Waals surface area contributed by atoms with Gasteiger partial charge >= 0.3 is 0 Å². The molecule has 0 aromatic heterocycles. The fourth-order valence-corrected chi connectivity index (χ4v) is 3.33. The number of carbonyl (C=O) groups is 3. The van der Waals surface area contributed by atoms with Crippen LogP contribution in [0.25, 0.3) is 0 Å². The summed E-state index contributed by atoms with van der Waals surface area (Å²) in [7, 11) is 1.72. The molecule has 0 saturated heterocycles. The van der Waals surface area contributed by atoms with Crippen molar-refractivity contribution in [3.63, 3.8) is 0 Å². The number of nitrogens with two attached hydrogens (primary N) is 1. The van der Waals surface area contributed by atoms with E-state index in [9.17, 15) is 14.4 Å². The number of benzene rings is 2. The molecule has 0 saturated carbocycles. The molecule has 3 rings (SSSR count). The van der Waals surface area contributed by atoms with Gasteiger partial charge < -0.3 is 10.6 Å². The SMILES string of the molecule is CC(C)C(N)CCN(C)C(=O)c1ccc2c(c1)C(=O)N(Cc1ccccc1)C2=O.Cl. The van der Waals surface area contributed by atoms with E-state index in [1.54, 1.807) is 24.1 Å². The minimum Gasteiger partial charge on any atom is -0.342 e. The topological polar surface area (TPSA) is 83.7 Å². The molecule has 0 bridgehead atoms. The monoisotopic (exact) mass is 429 g/mol. The van der Waals surface area contributed by atoms with Gasteiger partial charge in [0.2, 0.25) is 0 Å². The summed E-state index contributed by atoms with van der Waals surface area (Å²) < 4.78 is 0. The van der Waals surface area contributed by atoms with E-state index in [1.165, 1.54) is 11.0 Å². The molecule has 2 N–H and O–H groups in total. The Bertz CT molecular complexity index is 931. The first kappa shape index (κ1) is 23.6. The van der Waals surface area contributed by atoms with E-state index >= 15 is 0 Å². The van der Waals surface area contributed by atoms with Crippen molar-refractivity contribution in [2.24, 2.45) is 11.7 Å². The molecule has 1 aliphatic heterocycles. The Balaban J connectivity index is 0.00000320. The maximum Gasteiger partial charge on any atom is 0.261 e. The predicted molar refractivity (Wildman–Crippen MR) is 119 cm³/mol. The van der Waals surface area contributed by atoms with Crippen LogP contribution in [0.4, 0.5) is 0 Å². The molecular formula is C23H28ClN3O3. The van der Waals surface area contributed by atoms with Crippen molar-refractivity contribution in [1.82, 2.24) is 9.80 Å². The molecule has 1 heterocycles. The molecule has 1 unspecified atom stereocenters. The van der Waals surface area contributed by atoms with Crippen LogP contribution in [0.5, 0.6) is 0 Å².